The average molecular weight is 130 g/mol. The molecule has 1 aliphatic heterocycles. The molecule has 54 valence electrons. The molecule has 0 saturated carbocycles. The van der Waals surface area contributed by atoms with Gasteiger partial charge in [0.1, 0.15) is 0 Å². The first-order chi connectivity index (χ1) is 4.02. The van der Waals surface area contributed by atoms with Crippen molar-refractivity contribution in [1.82, 2.24) is 0 Å². The normalized spacial score (nSPS) is 24.0. The van der Waals surface area contributed by atoms with E-state index in [1.807, 2.05) is 0 Å². The van der Waals surface area contributed by atoms with Gasteiger partial charge in [0, 0.05) is 11.8 Å². The standard InChI is InChI=1S/C7H14O2/c1-5-7(8-9-7)6(2,3)4/h5H2,1-4H3. The topological polar surface area (TPSA) is 25.1 Å². The summed E-state index contributed by atoms with van der Waals surface area (Å²) < 4.78 is 0. The molecule has 0 radical (unpaired) electrons. The van der Waals surface area contributed by atoms with Gasteiger partial charge in [-0.15, -0.1) is 0 Å². The highest BCUT2D eigenvalue weighted by Gasteiger charge is 2.56. The van der Waals surface area contributed by atoms with E-state index in [1.165, 1.54) is 0 Å². The smallest absolute Gasteiger partial charge is 0.194 e. The molecule has 9 heavy (non-hydrogen) atoms. The summed E-state index contributed by atoms with van der Waals surface area (Å²) in [6.07, 6.45) is 0.927. The van der Waals surface area contributed by atoms with Gasteiger partial charge in [-0.1, -0.05) is 27.7 Å². The van der Waals surface area contributed by atoms with Crippen LogP contribution in [-0.2, 0) is 9.78 Å². The lowest BCUT2D eigenvalue weighted by molar-refractivity contribution is 0.0850. The zero-order valence-electron chi connectivity index (χ0n) is 6.52. The second-order valence-electron chi connectivity index (χ2n) is 3.52. The first-order valence-electron chi connectivity index (χ1n) is 3.39. The lowest BCUT2D eigenvalue weighted by Gasteiger charge is -2.20. The Kier molecular flexibility index (Phi) is 1.33. The van der Waals surface area contributed by atoms with Crippen LogP contribution in [0.3, 0.4) is 0 Å². The van der Waals surface area contributed by atoms with Crippen molar-refractivity contribution in [3.8, 4) is 0 Å². The largest absolute Gasteiger partial charge is 0.238 e. The highest BCUT2D eigenvalue weighted by atomic mass is 17.4. The SMILES string of the molecule is CCC1(C(C)(C)C)OO1. The quantitative estimate of drug-likeness (QED) is 0.401. The van der Waals surface area contributed by atoms with E-state index < -0.39 is 0 Å². The minimum Gasteiger partial charge on any atom is -0.194 e. The van der Waals surface area contributed by atoms with Crippen LogP contribution in [-0.4, -0.2) is 5.79 Å². The highest BCUT2D eigenvalue weighted by molar-refractivity contribution is 4.85. The molecule has 1 fully saturated rings. The van der Waals surface area contributed by atoms with Crippen molar-refractivity contribution in [3.63, 3.8) is 0 Å². The summed E-state index contributed by atoms with van der Waals surface area (Å²) in [4.78, 5) is 9.82. The minimum atomic E-state index is -0.271. The van der Waals surface area contributed by atoms with E-state index in [0.717, 1.165) is 6.42 Å². The summed E-state index contributed by atoms with van der Waals surface area (Å²) in [5.74, 6) is -0.271. The van der Waals surface area contributed by atoms with E-state index >= 15 is 0 Å². The Balaban J connectivity index is 2.60. The lowest BCUT2D eigenvalue weighted by atomic mass is 9.85. The van der Waals surface area contributed by atoms with Gasteiger partial charge in [0.15, 0.2) is 0 Å². The zero-order valence-corrected chi connectivity index (χ0v) is 6.52. The van der Waals surface area contributed by atoms with Crippen molar-refractivity contribution in [3.05, 3.63) is 0 Å². The van der Waals surface area contributed by atoms with Crippen LogP contribution in [0.4, 0.5) is 0 Å². The Morgan fingerprint density at radius 3 is 1.67 bits per heavy atom. The molecule has 0 aromatic carbocycles. The molecule has 0 aliphatic carbocycles. The summed E-state index contributed by atoms with van der Waals surface area (Å²) in [5, 5.41) is 0. The zero-order chi connectivity index (χ0) is 7.12. The maximum atomic E-state index is 4.91. The van der Waals surface area contributed by atoms with Crippen molar-refractivity contribution in [1.29, 1.82) is 0 Å². The van der Waals surface area contributed by atoms with Crippen LogP contribution < -0.4 is 0 Å². The molecule has 0 aromatic heterocycles. The third kappa shape index (κ3) is 0.970. The van der Waals surface area contributed by atoms with Crippen LogP contribution in [0.25, 0.3) is 0 Å². The third-order valence-electron chi connectivity index (χ3n) is 1.89. The van der Waals surface area contributed by atoms with Gasteiger partial charge in [-0.3, -0.25) is 0 Å². The molecular weight excluding hydrogens is 116 g/mol. The Bertz CT molecular complexity index is 109. The van der Waals surface area contributed by atoms with Crippen molar-refractivity contribution in [2.24, 2.45) is 5.41 Å². The summed E-state index contributed by atoms with van der Waals surface area (Å²) >= 11 is 0. The minimum absolute atomic E-state index is 0.113. The second kappa shape index (κ2) is 1.70. The van der Waals surface area contributed by atoms with E-state index in [1.54, 1.807) is 0 Å². The fourth-order valence-corrected chi connectivity index (χ4v) is 0.948. The van der Waals surface area contributed by atoms with Gasteiger partial charge in [-0.2, -0.15) is 9.78 Å². The molecule has 2 heteroatoms. The molecule has 1 aliphatic rings. The van der Waals surface area contributed by atoms with Crippen molar-refractivity contribution >= 4 is 0 Å². The highest BCUT2D eigenvalue weighted by Crippen LogP contribution is 2.47. The fourth-order valence-electron chi connectivity index (χ4n) is 0.948. The maximum absolute atomic E-state index is 4.91. The first kappa shape index (κ1) is 7.03. The molecule has 1 heterocycles. The molecule has 0 atom stereocenters. The monoisotopic (exact) mass is 130 g/mol. The predicted molar refractivity (Wildman–Crippen MR) is 34.6 cm³/mol. The molecule has 0 amide bonds. The Labute approximate surface area is 56.1 Å². The van der Waals surface area contributed by atoms with Crippen molar-refractivity contribution in [2.45, 2.75) is 39.9 Å². The van der Waals surface area contributed by atoms with Gasteiger partial charge < -0.3 is 0 Å². The van der Waals surface area contributed by atoms with Crippen LogP contribution in [0.5, 0.6) is 0 Å². The van der Waals surface area contributed by atoms with Crippen LogP contribution in [0.2, 0.25) is 0 Å². The predicted octanol–water partition coefficient (Wildman–Crippen LogP) is 2.10. The maximum Gasteiger partial charge on any atom is 0.238 e. The molecule has 0 unspecified atom stereocenters. The molecular formula is C7H14O2. The number of rotatable bonds is 1. The Morgan fingerprint density at radius 2 is 1.67 bits per heavy atom. The van der Waals surface area contributed by atoms with E-state index in [4.69, 9.17) is 9.78 Å². The van der Waals surface area contributed by atoms with E-state index in [0.29, 0.717) is 0 Å². The molecule has 1 rings (SSSR count). The van der Waals surface area contributed by atoms with Gasteiger partial charge in [0.05, 0.1) is 0 Å². The van der Waals surface area contributed by atoms with Gasteiger partial charge in [-0.25, -0.2) is 0 Å². The molecule has 0 spiro atoms. The van der Waals surface area contributed by atoms with Crippen LogP contribution in [0.1, 0.15) is 34.1 Å². The molecule has 0 aromatic rings. The summed E-state index contributed by atoms with van der Waals surface area (Å²) in [6.45, 7) is 8.41. The lowest BCUT2D eigenvalue weighted by Crippen LogP contribution is -2.28. The Hall–Kier alpha value is -0.0800. The molecule has 1 saturated heterocycles. The van der Waals surface area contributed by atoms with E-state index in [2.05, 4.69) is 27.7 Å². The number of hydrogen-bond acceptors (Lipinski definition) is 2. The van der Waals surface area contributed by atoms with Gasteiger partial charge >= 0.3 is 0 Å². The second-order valence-corrected chi connectivity index (χ2v) is 3.52. The van der Waals surface area contributed by atoms with Crippen LogP contribution >= 0.6 is 0 Å². The number of hydrogen-bond donors (Lipinski definition) is 0. The Morgan fingerprint density at radius 1 is 1.22 bits per heavy atom. The third-order valence-corrected chi connectivity index (χ3v) is 1.89. The molecule has 0 N–H and O–H groups in total. The average Bonchev–Trinajstić information content (AvgIpc) is 2.40. The molecule has 0 bridgehead atoms. The van der Waals surface area contributed by atoms with Crippen molar-refractivity contribution in [2.75, 3.05) is 0 Å². The van der Waals surface area contributed by atoms with Gasteiger partial charge in [0.2, 0.25) is 5.79 Å². The van der Waals surface area contributed by atoms with Gasteiger partial charge in [0.25, 0.3) is 0 Å². The summed E-state index contributed by atoms with van der Waals surface area (Å²) in [5.41, 5.74) is 0.113. The molecule has 2 nitrogen and oxygen atoms in total. The summed E-state index contributed by atoms with van der Waals surface area (Å²) in [7, 11) is 0. The van der Waals surface area contributed by atoms with Crippen molar-refractivity contribution < 1.29 is 9.78 Å². The van der Waals surface area contributed by atoms with E-state index in [9.17, 15) is 0 Å². The first-order valence-corrected chi connectivity index (χ1v) is 3.39. The summed E-state index contributed by atoms with van der Waals surface area (Å²) in [6, 6.07) is 0. The van der Waals surface area contributed by atoms with Crippen LogP contribution in [0, 0.1) is 5.41 Å². The van der Waals surface area contributed by atoms with Crippen LogP contribution in [0.15, 0.2) is 0 Å². The van der Waals surface area contributed by atoms with Gasteiger partial charge in [-0.05, 0) is 0 Å². The fraction of sp³-hybridized carbons (Fsp3) is 1.00. The van der Waals surface area contributed by atoms with E-state index in [-0.39, 0.29) is 11.2 Å².